The van der Waals surface area contributed by atoms with Crippen molar-refractivity contribution < 1.29 is 8.83 Å². The highest BCUT2D eigenvalue weighted by Gasteiger charge is 2.25. The van der Waals surface area contributed by atoms with Gasteiger partial charge in [-0.1, -0.05) is 297 Å². The second-order valence-electron chi connectivity index (χ2n) is 23.6. The molecule has 0 spiro atoms. The molecule has 0 radical (unpaired) electrons. The monoisotopic (exact) mass is 1140 g/mol. The molecule has 2 nitrogen and oxygen atoms in total. The Hall–Kier alpha value is -11.8. The first-order valence-electron chi connectivity index (χ1n) is 31.0. The lowest BCUT2D eigenvalue weighted by atomic mass is 9.83. The molecule has 0 bridgehead atoms. The van der Waals surface area contributed by atoms with E-state index in [2.05, 4.69) is 328 Å². The van der Waals surface area contributed by atoms with Gasteiger partial charge in [0.2, 0.25) is 0 Å². The number of furan rings is 2. The molecule has 0 aliphatic heterocycles. The molecule has 19 aromatic rings. The maximum Gasteiger partial charge on any atom is 0.143 e. The van der Waals surface area contributed by atoms with Crippen LogP contribution in [0.5, 0.6) is 0 Å². The van der Waals surface area contributed by atoms with Crippen LogP contribution in [0.15, 0.2) is 336 Å². The molecule has 0 N–H and O–H groups in total. The third kappa shape index (κ3) is 8.19. The molecule has 0 unspecified atom stereocenters. The molecular formula is C88H54O2. The SMILES string of the molecule is c1ccc(-c2cccc3c2oc2cccc(-c4c5ccccc5c(-c5ccc6ccccc6c5)c5ccccc45)c23)cc1.c1ccc2c(-c3cc(-c4c5ccccc5c(-c5cccc6ccccc56)c5ccccc45)c4c(c3)oc3ccccc34)cccc2c1. The lowest BCUT2D eigenvalue weighted by Crippen LogP contribution is -1.93. The van der Waals surface area contributed by atoms with Gasteiger partial charge in [0, 0.05) is 27.1 Å². The average Bonchev–Trinajstić information content (AvgIpc) is 1.08. The summed E-state index contributed by atoms with van der Waals surface area (Å²) in [6, 6.07) is 118. The Morgan fingerprint density at radius 2 is 0.578 bits per heavy atom. The second-order valence-corrected chi connectivity index (χ2v) is 23.6. The number of hydrogen-bond acceptors (Lipinski definition) is 2. The largest absolute Gasteiger partial charge is 0.456 e. The molecule has 17 aromatic carbocycles. The summed E-state index contributed by atoms with van der Waals surface area (Å²) in [6.07, 6.45) is 0. The van der Waals surface area contributed by atoms with Crippen molar-refractivity contribution in [3.63, 3.8) is 0 Å². The molecule has 90 heavy (non-hydrogen) atoms. The molecule has 0 atom stereocenters. The predicted molar refractivity (Wildman–Crippen MR) is 383 cm³/mol. The van der Waals surface area contributed by atoms with E-state index in [1.54, 1.807) is 0 Å². The summed E-state index contributed by atoms with van der Waals surface area (Å²) in [5.74, 6) is 0. The van der Waals surface area contributed by atoms with E-state index in [9.17, 15) is 0 Å². The van der Waals surface area contributed by atoms with Gasteiger partial charge in [-0.3, -0.25) is 0 Å². The molecular weight excluding hydrogens is 1090 g/mol. The van der Waals surface area contributed by atoms with E-state index >= 15 is 0 Å². The van der Waals surface area contributed by atoms with Gasteiger partial charge in [0.25, 0.3) is 0 Å². The quantitative estimate of drug-likeness (QED) is 0.155. The van der Waals surface area contributed by atoms with Gasteiger partial charge in [0.1, 0.15) is 22.3 Å². The first-order valence-corrected chi connectivity index (χ1v) is 31.0. The lowest BCUT2D eigenvalue weighted by Gasteiger charge is -2.20. The Bertz CT molecular complexity index is 5980. The van der Waals surface area contributed by atoms with Crippen LogP contribution in [0.3, 0.4) is 0 Å². The van der Waals surface area contributed by atoms with Crippen LogP contribution in [0.25, 0.3) is 186 Å². The van der Waals surface area contributed by atoms with Crippen LogP contribution in [0, 0.1) is 0 Å². The van der Waals surface area contributed by atoms with E-state index in [4.69, 9.17) is 8.83 Å². The molecule has 19 rings (SSSR count). The standard InChI is InChI=1S/C46H28O.C42H26O/c1-3-17-32-29(13-1)15-11-24-34(32)31-27-41(46-40-23-9-10-26-42(40)47-43(46)28-31)45-38-21-7-5-19-36(38)44(37-20-6-8-22-39(37)45)35-25-12-16-30-14-2-4-18-33(30)35;1-2-13-28(14-3-1)31-20-10-22-37-41-36(21-11-23-38(41)43-42(31)37)40-34-18-8-6-16-32(34)39(33-17-7-9-19-35(33)40)30-25-24-27-12-4-5-15-29(27)26-30/h1-28H;1-26H. The van der Waals surface area contributed by atoms with Gasteiger partial charge >= 0.3 is 0 Å². The fourth-order valence-corrected chi connectivity index (χ4v) is 14.8. The number of hydrogen-bond donors (Lipinski definition) is 0. The summed E-state index contributed by atoms with van der Waals surface area (Å²) in [4.78, 5) is 0. The molecule has 0 aliphatic rings. The Labute approximate surface area is 519 Å². The van der Waals surface area contributed by atoms with Gasteiger partial charge < -0.3 is 8.83 Å². The highest BCUT2D eigenvalue weighted by molar-refractivity contribution is 6.29. The van der Waals surface area contributed by atoms with Crippen molar-refractivity contribution in [1.82, 2.24) is 0 Å². The van der Waals surface area contributed by atoms with Crippen molar-refractivity contribution >= 4 is 119 Å². The molecule has 2 heterocycles. The van der Waals surface area contributed by atoms with Gasteiger partial charge in [-0.2, -0.15) is 0 Å². The minimum atomic E-state index is 0.901. The Morgan fingerprint density at radius 3 is 1.21 bits per heavy atom. The lowest BCUT2D eigenvalue weighted by molar-refractivity contribution is 0.669. The van der Waals surface area contributed by atoms with Crippen LogP contribution < -0.4 is 0 Å². The van der Waals surface area contributed by atoms with Crippen LogP contribution in [-0.2, 0) is 0 Å². The molecule has 0 amide bonds. The molecule has 418 valence electrons. The summed E-state index contributed by atoms with van der Waals surface area (Å²) in [6.45, 7) is 0. The number of benzene rings is 17. The normalized spacial score (nSPS) is 11.8. The van der Waals surface area contributed by atoms with E-state index < -0.39 is 0 Å². The zero-order chi connectivity index (χ0) is 59.2. The summed E-state index contributed by atoms with van der Waals surface area (Å²) in [5.41, 5.74) is 18.2. The predicted octanol–water partition coefficient (Wildman–Crippen LogP) is 25.2. The summed E-state index contributed by atoms with van der Waals surface area (Å²) >= 11 is 0. The molecule has 0 fully saturated rings. The third-order valence-electron chi connectivity index (χ3n) is 18.7. The molecule has 0 aliphatic carbocycles. The number of rotatable bonds is 6. The fraction of sp³-hybridized carbons (Fsp3) is 0. The number of para-hydroxylation sites is 2. The average molecular weight is 1140 g/mol. The van der Waals surface area contributed by atoms with Gasteiger partial charge in [0.15, 0.2) is 0 Å². The Kier molecular flexibility index (Phi) is 12.0. The fourth-order valence-electron chi connectivity index (χ4n) is 14.8. The topological polar surface area (TPSA) is 26.3 Å². The third-order valence-corrected chi connectivity index (χ3v) is 18.7. The van der Waals surface area contributed by atoms with E-state index in [0.29, 0.717) is 0 Å². The van der Waals surface area contributed by atoms with Gasteiger partial charge in [-0.25, -0.2) is 0 Å². The minimum absolute atomic E-state index is 0.901. The maximum atomic E-state index is 6.66. The zero-order valence-corrected chi connectivity index (χ0v) is 49.0. The maximum absolute atomic E-state index is 6.66. The molecule has 2 heteroatoms. The highest BCUT2D eigenvalue weighted by Crippen LogP contribution is 2.51. The summed E-state index contributed by atoms with van der Waals surface area (Å²) in [7, 11) is 0. The molecule has 0 saturated heterocycles. The van der Waals surface area contributed by atoms with E-state index in [1.807, 2.05) is 0 Å². The second kappa shape index (κ2) is 21.0. The highest BCUT2D eigenvalue weighted by atomic mass is 16.3. The van der Waals surface area contributed by atoms with Crippen LogP contribution in [-0.4, -0.2) is 0 Å². The summed E-state index contributed by atoms with van der Waals surface area (Å²) < 4.78 is 13.3. The van der Waals surface area contributed by atoms with Gasteiger partial charge in [-0.15, -0.1) is 0 Å². The molecule has 2 aromatic heterocycles. The zero-order valence-electron chi connectivity index (χ0n) is 49.0. The van der Waals surface area contributed by atoms with Crippen LogP contribution in [0.1, 0.15) is 0 Å². The van der Waals surface area contributed by atoms with Crippen LogP contribution >= 0.6 is 0 Å². The van der Waals surface area contributed by atoms with Crippen molar-refractivity contribution in [2.24, 2.45) is 0 Å². The summed E-state index contributed by atoms with van der Waals surface area (Å²) in [5, 5.41) is 22.0. The Morgan fingerprint density at radius 1 is 0.167 bits per heavy atom. The van der Waals surface area contributed by atoms with E-state index in [1.165, 1.54) is 125 Å². The minimum Gasteiger partial charge on any atom is -0.456 e. The van der Waals surface area contributed by atoms with Crippen molar-refractivity contribution in [2.75, 3.05) is 0 Å². The van der Waals surface area contributed by atoms with Crippen molar-refractivity contribution in [1.29, 1.82) is 0 Å². The van der Waals surface area contributed by atoms with Gasteiger partial charge in [-0.05, 0) is 167 Å². The van der Waals surface area contributed by atoms with Gasteiger partial charge in [0.05, 0.1) is 0 Å². The Balaban J connectivity index is 0.000000134. The van der Waals surface area contributed by atoms with Crippen molar-refractivity contribution in [2.45, 2.75) is 0 Å². The van der Waals surface area contributed by atoms with E-state index in [0.717, 1.165) is 60.6 Å². The van der Waals surface area contributed by atoms with Crippen LogP contribution in [0.4, 0.5) is 0 Å². The smallest absolute Gasteiger partial charge is 0.143 e. The van der Waals surface area contributed by atoms with E-state index in [-0.39, 0.29) is 0 Å². The molecule has 0 saturated carbocycles. The van der Waals surface area contributed by atoms with Crippen molar-refractivity contribution in [3.8, 4) is 66.8 Å². The number of fused-ring (bicyclic) bond motifs is 13. The van der Waals surface area contributed by atoms with Crippen LogP contribution in [0.2, 0.25) is 0 Å². The van der Waals surface area contributed by atoms with Crippen molar-refractivity contribution in [3.05, 3.63) is 328 Å². The first kappa shape index (κ1) is 51.4. The first-order chi connectivity index (χ1) is 44.7.